The summed E-state index contributed by atoms with van der Waals surface area (Å²) in [4.78, 5) is 5.04. The number of nitrogens with zero attached hydrogens (tertiary/aromatic N) is 1. The number of aromatic hydroxyl groups is 1. The fraction of sp³-hybridized carbons (Fsp3) is 0.476. The molecule has 1 aromatic carbocycles. The minimum absolute atomic E-state index is 0.0636. The maximum absolute atomic E-state index is 10.8. The molecular weight excluding hydrogens is 314 g/mol. The lowest BCUT2D eigenvalue weighted by molar-refractivity contribution is 0.432. The van der Waals surface area contributed by atoms with E-state index in [1.54, 1.807) is 11.8 Å². The van der Waals surface area contributed by atoms with Gasteiger partial charge in [0.05, 0.1) is 0 Å². The summed E-state index contributed by atoms with van der Waals surface area (Å²) in [6.45, 7) is 13.1. The van der Waals surface area contributed by atoms with E-state index in [1.165, 1.54) is 11.1 Å². The molecule has 2 nitrogen and oxygen atoms in total. The first-order valence-electron chi connectivity index (χ1n) is 8.49. The zero-order valence-corrected chi connectivity index (χ0v) is 16.5. The second-order valence-corrected chi connectivity index (χ2v) is 9.46. The van der Waals surface area contributed by atoms with Gasteiger partial charge in [-0.25, -0.2) is 0 Å². The smallest absolute Gasteiger partial charge is 0.132 e. The van der Waals surface area contributed by atoms with E-state index < -0.39 is 0 Å². The molecule has 0 atom stereocenters. The SMILES string of the molecule is CC(C)(C)c1cc(SCCc2ccncc2)c(O)c(C(C)(C)C)c1. The first-order valence-corrected chi connectivity index (χ1v) is 9.47. The summed E-state index contributed by atoms with van der Waals surface area (Å²) >= 11 is 1.73. The normalized spacial score (nSPS) is 12.4. The Labute approximate surface area is 150 Å². The Morgan fingerprint density at radius 2 is 1.58 bits per heavy atom. The molecule has 0 aliphatic rings. The number of benzene rings is 1. The summed E-state index contributed by atoms with van der Waals surface area (Å²) in [6, 6.07) is 8.42. The van der Waals surface area contributed by atoms with Crippen LogP contribution in [0.4, 0.5) is 0 Å². The number of phenolic OH excluding ortho intramolecular Hbond substituents is 1. The number of aryl methyl sites for hydroxylation is 1. The molecule has 0 aliphatic carbocycles. The first kappa shape index (κ1) is 18.9. The van der Waals surface area contributed by atoms with E-state index in [0.717, 1.165) is 22.6 Å². The molecule has 0 fully saturated rings. The van der Waals surface area contributed by atoms with Gasteiger partial charge in [0.15, 0.2) is 0 Å². The van der Waals surface area contributed by atoms with Crippen molar-refractivity contribution in [1.82, 2.24) is 4.98 Å². The van der Waals surface area contributed by atoms with Gasteiger partial charge in [-0.2, -0.15) is 0 Å². The molecule has 2 rings (SSSR count). The quantitative estimate of drug-likeness (QED) is 0.721. The molecule has 0 saturated heterocycles. The summed E-state index contributed by atoms with van der Waals surface area (Å²) < 4.78 is 0. The van der Waals surface area contributed by atoms with Gasteiger partial charge in [0.1, 0.15) is 5.75 Å². The average molecular weight is 344 g/mol. The molecule has 2 aromatic rings. The van der Waals surface area contributed by atoms with Gasteiger partial charge in [-0.1, -0.05) is 47.6 Å². The Hall–Kier alpha value is -1.48. The van der Waals surface area contributed by atoms with Crippen molar-refractivity contribution in [2.75, 3.05) is 5.75 Å². The van der Waals surface area contributed by atoms with E-state index in [2.05, 4.69) is 58.7 Å². The van der Waals surface area contributed by atoms with Crippen LogP contribution in [0.1, 0.15) is 58.2 Å². The third kappa shape index (κ3) is 4.76. The molecule has 130 valence electrons. The molecular formula is C21H29NOS. The zero-order chi connectivity index (χ0) is 18.0. The highest BCUT2D eigenvalue weighted by Crippen LogP contribution is 2.41. The van der Waals surface area contributed by atoms with Crippen LogP contribution in [0.3, 0.4) is 0 Å². The first-order chi connectivity index (χ1) is 11.1. The summed E-state index contributed by atoms with van der Waals surface area (Å²) in [5.74, 6) is 1.38. The highest BCUT2D eigenvalue weighted by Gasteiger charge is 2.25. The van der Waals surface area contributed by atoms with Crippen molar-refractivity contribution in [3.63, 3.8) is 0 Å². The minimum atomic E-state index is -0.0776. The van der Waals surface area contributed by atoms with Gasteiger partial charge in [-0.15, -0.1) is 11.8 Å². The molecule has 0 radical (unpaired) electrons. The topological polar surface area (TPSA) is 33.1 Å². The Morgan fingerprint density at radius 3 is 2.12 bits per heavy atom. The molecule has 24 heavy (non-hydrogen) atoms. The fourth-order valence-electron chi connectivity index (χ4n) is 2.55. The van der Waals surface area contributed by atoms with Gasteiger partial charge in [0.2, 0.25) is 0 Å². The predicted molar refractivity (Wildman–Crippen MR) is 104 cm³/mol. The van der Waals surface area contributed by atoms with Crippen LogP contribution in [0, 0.1) is 0 Å². The van der Waals surface area contributed by atoms with Crippen LogP contribution in [0.5, 0.6) is 5.75 Å². The number of aromatic nitrogens is 1. The molecule has 1 N–H and O–H groups in total. The van der Waals surface area contributed by atoms with Crippen LogP contribution in [-0.4, -0.2) is 15.8 Å². The van der Waals surface area contributed by atoms with Crippen LogP contribution in [-0.2, 0) is 17.3 Å². The maximum Gasteiger partial charge on any atom is 0.132 e. The summed E-state index contributed by atoms with van der Waals surface area (Å²) in [5, 5.41) is 10.8. The molecule has 3 heteroatoms. The zero-order valence-electron chi connectivity index (χ0n) is 15.7. The Kier molecular flexibility index (Phi) is 5.64. The van der Waals surface area contributed by atoms with Crippen LogP contribution in [0.2, 0.25) is 0 Å². The summed E-state index contributed by atoms with van der Waals surface area (Å²) in [7, 11) is 0. The minimum Gasteiger partial charge on any atom is -0.506 e. The maximum atomic E-state index is 10.8. The third-order valence-electron chi connectivity index (χ3n) is 4.15. The Bertz CT molecular complexity index is 681. The van der Waals surface area contributed by atoms with Gasteiger partial charge < -0.3 is 5.11 Å². The van der Waals surface area contributed by atoms with Crippen molar-refractivity contribution in [3.8, 4) is 5.75 Å². The van der Waals surface area contributed by atoms with E-state index in [-0.39, 0.29) is 10.8 Å². The van der Waals surface area contributed by atoms with Crippen molar-refractivity contribution in [3.05, 3.63) is 53.3 Å². The van der Waals surface area contributed by atoms with E-state index in [9.17, 15) is 5.11 Å². The van der Waals surface area contributed by atoms with Crippen molar-refractivity contribution < 1.29 is 5.11 Å². The molecule has 1 aromatic heterocycles. The molecule has 0 unspecified atom stereocenters. The van der Waals surface area contributed by atoms with Crippen LogP contribution < -0.4 is 0 Å². The lowest BCUT2D eigenvalue weighted by Gasteiger charge is -2.27. The predicted octanol–water partition coefficient (Wildman–Crippen LogP) is 5.72. The van der Waals surface area contributed by atoms with E-state index in [4.69, 9.17) is 0 Å². The van der Waals surface area contributed by atoms with E-state index in [0.29, 0.717) is 5.75 Å². The standard InChI is InChI=1S/C21H29NOS/c1-20(2,3)16-13-17(21(4,5)6)19(23)18(14-16)24-12-9-15-7-10-22-11-8-15/h7-8,10-11,13-14,23H,9,12H2,1-6H3. The lowest BCUT2D eigenvalue weighted by Crippen LogP contribution is -2.17. The molecule has 1 heterocycles. The monoisotopic (exact) mass is 343 g/mol. The Morgan fingerprint density at radius 1 is 0.958 bits per heavy atom. The van der Waals surface area contributed by atoms with E-state index in [1.807, 2.05) is 24.5 Å². The number of phenols is 1. The number of rotatable bonds is 4. The fourth-order valence-corrected chi connectivity index (χ4v) is 3.57. The number of hydrogen-bond acceptors (Lipinski definition) is 3. The van der Waals surface area contributed by atoms with Crippen LogP contribution in [0.15, 0.2) is 41.6 Å². The largest absolute Gasteiger partial charge is 0.506 e. The van der Waals surface area contributed by atoms with Crippen molar-refractivity contribution >= 4 is 11.8 Å². The second-order valence-electron chi connectivity index (χ2n) is 8.32. The molecule has 0 saturated carbocycles. The van der Waals surface area contributed by atoms with Crippen molar-refractivity contribution in [1.29, 1.82) is 0 Å². The highest BCUT2D eigenvalue weighted by molar-refractivity contribution is 7.99. The van der Waals surface area contributed by atoms with Gasteiger partial charge in [-0.05, 0) is 46.6 Å². The molecule has 0 bridgehead atoms. The summed E-state index contributed by atoms with van der Waals surface area (Å²) in [6.07, 6.45) is 4.63. The van der Waals surface area contributed by atoms with Crippen molar-refractivity contribution in [2.45, 2.75) is 63.7 Å². The van der Waals surface area contributed by atoms with Gasteiger partial charge in [0.25, 0.3) is 0 Å². The van der Waals surface area contributed by atoms with Gasteiger partial charge in [-0.3, -0.25) is 4.98 Å². The number of thioether (sulfide) groups is 1. The van der Waals surface area contributed by atoms with Crippen LogP contribution in [0.25, 0.3) is 0 Å². The number of hydrogen-bond donors (Lipinski definition) is 1. The highest BCUT2D eigenvalue weighted by atomic mass is 32.2. The Balaban J connectivity index is 2.27. The molecule has 0 amide bonds. The lowest BCUT2D eigenvalue weighted by atomic mass is 9.80. The second kappa shape index (κ2) is 7.18. The third-order valence-corrected chi connectivity index (χ3v) is 5.18. The molecule has 0 spiro atoms. The summed E-state index contributed by atoms with van der Waals surface area (Å²) in [5.41, 5.74) is 3.57. The van der Waals surface area contributed by atoms with Crippen molar-refractivity contribution in [2.24, 2.45) is 0 Å². The molecule has 0 aliphatic heterocycles. The van der Waals surface area contributed by atoms with Crippen LogP contribution >= 0.6 is 11.8 Å². The average Bonchev–Trinajstić information content (AvgIpc) is 2.47. The number of pyridine rings is 1. The van der Waals surface area contributed by atoms with Gasteiger partial charge >= 0.3 is 0 Å². The van der Waals surface area contributed by atoms with E-state index >= 15 is 0 Å². The van der Waals surface area contributed by atoms with Gasteiger partial charge in [0, 0.05) is 28.6 Å².